The first-order valence-electron chi connectivity index (χ1n) is 7.94. The molecule has 0 amide bonds. The number of ether oxygens (including phenoxy) is 4. The standard InChI is InChI=1S/C19H20F2O5/c1-13(11-25-19(20)21)26-17-9-15(18(22)23-2)8-16(10-17)24-12-14-6-4-3-5-7-14/h3-10,13,19H,11-12H2,1-2H3. The van der Waals surface area contributed by atoms with Gasteiger partial charge in [0.2, 0.25) is 0 Å². The van der Waals surface area contributed by atoms with E-state index >= 15 is 0 Å². The number of halogens is 2. The zero-order valence-electron chi connectivity index (χ0n) is 14.5. The molecule has 0 heterocycles. The summed E-state index contributed by atoms with van der Waals surface area (Å²) in [5.41, 5.74) is 1.19. The molecule has 0 radical (unpaired) electrons. The molecule has 0 aliphatic heterocycles. The SMILES string of the molecule is COC(=O)c1cc(OCc2ccccc2)cc(OC(C)COC(F)F)c1. The number of rotatable bonds is 9. The molecule has 2 aromatic rings. The Morgan fingerprint density at radius 2 is 1.77 bits per heavy atom. The maximum atomic E-state index is 12.1. The number of carbonyl (C=O) groups excluding carboxylic acids is 1. The molecule has 1 unspecified atom stereocenters. The predicted molar refractivity (Wildman–Crippen MR) is 90.6 cm³/mol. The van der Waals surface area contributed by atoms with Gasteiger partial charge in [-0.3, -0.25) is 0 Å². The van der Waals surface area contributed by atoms with E-state index in [1.54, 1.807) is 13.0 Å². The summed E-state index contributed by atoms with van der Waals surface area (Å²) in [5, 5.41) is 0. The smallest absolute Gasteiger partial charge is 0.345 e. The van der Waals surface area contributed by atoms with Crippen LogP contribution in [0.1, 0.15) is 22.8 Å². The van der Waals surface area contributed by atoms with Crippen LogP contribution in [0.15, 0.2) is 48.5 Å². The summed E-state index contributed by atoms with van der Waals surface area (Å²) in [5.74, 6) is 0.131. The monoisotopic (exact) mass is 366 g/mol. The molecule has 140 valence electrons. The Morgan fingerprint density at radius 1 is 1.08 bits per heavy atom. The van der Waals surface area contributed by atoms with Crippen LogP contribution in [-0.2, 0) is 16.1 Å². The molecule has 0 saturated carbocycles. The third kappa shape index (κ3) is 6.33. The van der Waals surface area contributed by atoms with E-state index in [1.807, 2.05) is 30.3 Å². The van der Waals surface area contributed by atoms with E-state index in [0.717, 1.165) is 5.56 Å². The zero-order valence-corrected chi connectivity index (χ0v) is 14.5. The van der Waals surface area contributed by atoms with Crippen LogP contribution in [0.3, 0.4) is 0 Å². The van der Waals surface area contributed by atoms with Crippen LogP contribution in [0.25, 0.3) is 0 Å². The van der Waals surface area contributed by atoms with E-state index in [2.05, 4.69) is 4.74 Å². The van der Waals surface area contributed by atoms with Crippen LogP contribution in [-0.4, -0.2) is 32.4 Å². The largest absolute Gasteiger partial charge is 0.489 e. The van der Waals surface area contributed by atoms with Crippen LogP contribution in [0.4, 0.5) is 8.78 Å². The fourth-order valence-corrected chi connectivity index (χ4v) is 2.17. The Labute approximate surface area is 150 Å². The van der Waals surface area contributed by atoms with Crippen molar-refractivity contribution < 1.29 is 32.5 Å². The highest BCUT2D eigenvalue weighted by Gasteiger charge is 2.14. The summed E-state index contributed by atoms with van der Waals surface area (Å²) in [4.78, 5) is 11.8. The number of hydrogen-bond acceptors (Lipinski definition) is 5. The van der Waals surface area contributed by atoms with Crippen LogP contribution in [0.2, 0.25) is 0 Å². The average molecular weight is 366 g/mol. The Hall–Kier alpha value is -2.67. The van der Waals surface area contributed by atoms with Crippen molar-refractivity contribution in [3.05, 3.63) is 59.7 Å². The Morgan fingerprint density at radius 3 is 2.42 bits per heavy atom. The minimum atomic E-state index is -2.87. The quantitative estimate of drug-likeness (QED) is 0.627. The second kappa shape index (κ2) is 9.72. The van der Waals surface area contributed by atoms with Crippen molar-refractivity contribution in [2.75, 3.05) is 13.7 Å². The third-order valence-electron chi connectivity index (χ3n) is 3.34. The van der Waals surface area contributed by atoms with Gasteiger partial charge in [-0.1, -0.05) is 30.3 Å². The Kier molecular flexibility index (Phi) is 7.35. The van der Waals surface area contributed by atoms with Gasteiger partial charge >= 0.3 is 12.6 Å². The minimum absolute atomic E-state index is 0.232. The van der Waals surface area contributed by atoms with Gasteiger partial charge in [-0.2, -0.15) is 8.78 Å². The van der Waals surface area contributed by atoms with E-state index in [0.29, 0.717) is 18.1 Å². The fraction of sp³-hybridized carbons (Fsp3) is 0.316. The molecule has 5 nitrogen and oxygen atoms in total. The van der Waals surface area contributed by atoms with Gasteiger partial charge in [0, 0.05) is 6.07 Å². The summed E-state index contributed by atoms with van der Waals surface area (Å²) in [6.07, 6.45) is -0.640. The summed E-state index contributed by atoms with van der Waals surface area (Å²) < 4.78 is 44.4. The van der Waals surface area contributed by atoms with Gasteiger partial charge in [-0.15, -0.1) is 0 Å². The van der Waals surface area contributed by atoms with Crippen molar-refractivity contribution in [1.82, 2.24) is 0 Å². The average Bonchev–Trinajstić information content (AvgIpc) is 2.64. The number of methoxy groups -OCH3 is 1. The lowest BCUT2D eigenvalue weighted by atomic mass is 10.2. The van der Waals surface area contributed by atoms with Gasteiger partial charge < -0.3 is 18.9 Å². The van der Waals surface area contributed by atoms with E-state index in [-0.39, 0.29) is 12.2 Å². The van der Waals surface area contributed by atoms with Crippen LogP contribution >= 0.6 is 0 Å². The number of benzene rings is 2. The van der Waals surface area contributed by atoms with Crippen LogP contribution < -0.4 is 9.47 Å². The summed E-state index contributed by atoms with van der Waals surface area (Å²) in [6.45, 7) is -1.28. The molecule has 0 saturated heterocycles. The Balaban J connectivity index is 2.12. The van der Waals surface area contributed by atoms with Crippen molar-refractivity contribution in [3.8, 4) is 11.5 Å². The van der Waals surface area contributed by atoms with Gasteiger partial charge in [0.1, 0.15) is 24.2 Å². The van der Waals surface area contributed by atoms with E-state index < -0.39 is 18.7 Å². The molecule has 0 aliphatic carbocycles. The van der Waals surface area contributed by atoms with Crippen molar-refractivity contribution in [1.29, 1.82) is 0 Å². The van der Waals surface area contributed by atoms with Crippen LogP contribution in [0.5, 0.6) is 11.5 Å². The predicted octanol–water partition coefficient (Wildman–Crippen LogP) is 4.06. The van der Waals surface area contributed by atoms with Gasteiger partial charge in [0.15, 0.2) is 0 Å². The number of esters is 1. The highest BCUT2D eigenvalue weighted by atomic mass is 19.3. The summed E-state index contributed by atoms with van der Waals surface area (Å²) in [7, 11) is 1.26. The topological polar surface area (TPSA) is 54.0 Å². The maximum absolute atomic E-state index is 12.1. The second-order valence-corrected chi connectivity index (χ2v) is 5.48. The first-order chi connectivity index (χ1) is 12.5. The van der Waals surface area contributed by atoms with Crippen molar-refractivity contribution in [3.63, 3.8) is 0 Å². The van der Waals surface area contributed by atoms with Gasteiger partial charge in [-0.25, -0.2) is 4.79 Å². The molecule has 0 spiro atoms. The molecule has 2 rings (SSSR count). The summed E-state index contributed by atoms with van der Waals surface area (Å²) >= 11 is 0. The third-order valence-corrected chi connectivity index (χ3v) is 3.34. The minimum Gasteiger partial charge on any atom is -0.489 e. The van der Waals surface area contributed by atoms with Gasteiger partial charge in [0.25, 0.3) is 0 Å². The first-order valence-corrected chi connectivity index (χ1v) is 7.94. The summed E-state index contributed by atoms with van der Waals surface area (Å²) in [6, 6.07) is 14.1. The fourth-order valence-electron chi connectivity index (χ4n) is 2.17. The lowest BCUT2D eigenvalue weighted by Gasteiger charge is -2.16. The maximum Gasteiger partial charge on any atom is 0.345 e. The highest BCUT2D eigenvalue weighted by molar-refractivity contribution is 5.90. The molecule has 0 aliphatic rings. The lowest BCUT2D eigenvalue weighted by molar-refractivity contribution is -0.142. The molecule has 2 aromatic carbocycles. The second-order valence-electron chi connectivity index (χ2n) is 5.48. The first kappa shape index (κ1) is 19.7. The molecule has 0 bridgehead atoms. The van der Waals surface area contributed by atoms with Crippen LogP contribution in [0, 0.1) is 0 Å². The van der Waals surface area contributed by atoms with Gasteiger partial charge in [-0.05, 0) is 24.6 Å². The molecule has 0 fully saturated rings. The zero-order chi connectivity index (χ0) is 18.9. The highest BCUT2D eigenvalue weighted by Crippen LogP contribution is 2.25. The van der Waals surface area contributed by atoms with E-state index in [9.17, 15) is 13.6 Å². The molecular formula is C19H20F2O5. The van der Waals surface area contributed by atoms with E-state index in [1.165, 1.54) is 19.2 Å². The molecule has 0 aromatic heterocycles. The van der Waals surface area contributed by atoms with Gasteiger partial charge in [0.05, 0.1) is 19.3 Å². The number of alkyl halides is 2. The number of carbonyl (C=O) groups is 1. The molecule has 7 heteroatoms. The van der Waals surface area contributed by atoms with E-state index in [4.69, 9.17) is 14.2 Å². The molecular weight excluding hydrogens is 346 g/mol. The molecule has 26 heavy (non-hydrogen) atoms. The van der Waals surface area contributed by atoms with Crippen molar-refractivity contribution in [2.24, 2.45) is 0 Å². The van der Waals surface area contributed by atoms with Crippen molar-refractivity contribution in [2.45, 2.75) is 26.2 Å². The lowest BCUT2D eigenvalue weighted by Crippen LogP contribution is -2.21. The Bertz CT molecular complexity index is 706. The number of hydrogen-bond donors (Lipinski definition) is 0. The van der Waals surface area contributed by atoms with Crippen molar-refractivity contribution >= 4 is 5.97 Å². The molecule has 0 N–H and O–H groups in total. The normalized spacial score (nSPS) is 11.9. The molecule has 1 atom stereocenters.